The molecule has 0 amide bonds. The Hall–Kier alpha value is -1.36. The topological polar surface area (TPSA) is 37.4 Å². The van der Waals surface area contributed by atoms with Gasteiger partial charge in [-0.3, -0.25) is 0 Å². The highest BCUT2D eigenvalue weighted by Crippen LogP contribution is 2.39. The lowest BCUT2D eigenvalue weighted by Gasteiger charge is -2.25. The Morgan fingerprint density at radius 3 is 2.38 bits per heavy atom. The molecule has 1 aliphatic rings. The third kappa shape index (κ3) is 3.23. The molecule has 0 aromatic heterocycles. The first kappa shape index (κ1) is 17.5. The molecule has 5 heteroatoms. The zero-order valence-corrected chi connectivity index (χ0v) is 15.5. The Balaban J connectivity index is 1.95. The van der Waals surface area contributed by atoms with Gasteiger partial charge < -0.3 is 0 Å². The van der Waals surface area contributed by atoms with Crippen molar-refractivity contribution in [3.05, 3.63) is 64.7 Å². The number of hydrogen-bond acceptors (Lipinski definition) is 2. The number of nitrogens with zero attached hydrogens (tertiary/aromatic N) is 1. The van der Waals surface area contributed by atoms with Gasteiger partial charge in [-0.1, -0.05) is 55.8 Å². The maximum Gasteiger partial charge on any atom is 0.243 e. The fourth-order valence-electron chi connectivity index (χ4n) is 3.24. The van der Waals surface area contributed by atoms with Crippen molar-refractivity contribution in [3.63, 3.8) is 0 Å². The van der Waals surface area contributed by atoms with E-state index in [-0.39, 0.29) is 6.04 Å². The number of halogens is 1. The summed E-state index contributed by atoms with van der Waals surface area (Å²) in [6.07, 6.45) is 1.65. The van der Waals surface area contributed by atoms with Crippen LogP contribution in [0.5, 0.6) is 0 Å². The van der Waals surface area contributed by atoms with E-state index in [1.165, 1.54) is 0 Å². The number of rotatable bonds is 4. The molecule has 0 aliphatic carbocycles. The molecular weight excluding hydrogens is 342 g/mol. The van der Waals surface area contributed by atoms with E-state index >= 15 is 0 Å². The van der Waals surface area contributed by atoms with Crippen molar-refractivity contribution in [1.82, 2.24) is 4.31 Å². The van der Waals surface area contributed by atoms with Crippen LogP contribution in [0, 0.1) is 0 Å². The average Bonchev–Trinajstić information content (AvgIpc) is 3.05. The van der Waals surface area contributed by atoms with E-state index in [1.807, 2.05) is 36.4 Å². The predicted molar refractivity (Wildman–Crippen MR) is 97.8 cm³/mol. The lowest BCUT2D eigenvalue weighted by molar-refractivity contribution is 0.397. The third-order valence-corrected chi connectivity index (χ3v) is 6.89. The van der Waals surface area contributed by atoms with Crippen LogP contribution >= 0.6 is 11.6 Å². The molecule has 128 valence electrons. The number of benzene rings is 2. The van der Waals surface area contributed by atoms with E-state index in [4.69, 9.17) is 11.6 Å². The van der Waals surface area contributed by atoms with Crippen molar-refractivity contribution in [3.8, 4) is 0 Å². The SMILES string of the molecule is CC(C)c1ccc(S(=O)(=O)N2CCCC2c2ccccc2Cl)cc1. The standard InChI is InChI=1S/C19H22ClNO2S/c1-14(2)15-9-11-16(12-10-15)24(22,23)21-13-5-8-19(21)17-6-3-4-7-18(17)20/h3-4,6-7,9-12,14,19H,5,8,13H2,1-2H3. The fourth-order valence-corrected chi connectivity index (χ4v) is 5.18. The zero-order valence-electron chi connectivity index (χ0n) is 13.9. The van der Waals surface area contributed by atoms with Crippen molar-refractivity contribution in [2.75, 3.05) is 6.54 Å². The molecule has 2 aromatic rings. The third-order valence-electron chi connectivity index (χ3n) is 4.62. The second kappa shape index (κ2) is 6.87. The molecule has 1 fully saturated rings. The Morgan fingerprint density at radius 2 is 1.75 bits per heavy atom. The smallest absolute Gasteiger partial charge is 0.207 e. The molecule has 0 bridgehead atoms. The summed E-state index contributed by atoms with van der Waals surface area (Å²) in [5, 5.41) is 0.625. The van der Waals surface area contributed by atoms with Gasteiger partial charge in [-0.2, -0.15) is 4.31 Å². The Kier molecular flexibility index (Phi) is 5.00. The van der Waals surface area contributed by atoms with E-state index in [1.54, 1.807) is 16.4 Å². The number of hydrogen-bond donors (Lipinski definition) is 0. The van der Waals surface area contributed by atoms with Gasteiger partial charge in [0.25, 0.3) is 0 Å². The first-order valence-electron chi connectivity index (χ1n) is 8.27. The second-order valence-electron chi connectivity index (χ2n) is 6.52. The normalized spacial score (nSPS) is 19.1. The van der Waals surface area contributed by atoms with E-state index in [9.17, 15) is 8.42 Å². The minimum atomic E-state index is -3.52. The van der Waals surface area contributed by atoms with Crippen molar-refractivity contribution in [1.29, 1.82) is 0 Å². The van der Waals surface area contributed by atoms with Crippen molar-refractivity contribution in [2.45, 2.75) is 43.5 Å². The average molecular weight is 364 g/mol. The van der Waals surface area contributed by atoms with Crippen molar-refractivity contribution >= 4 is 21.6 Å². The van der Waals surface area contributed by atoms with Gasteiger partial charge >= 0.3 is 0 Å². The minimum Gasteiger partial charge on any atom is -0.207 e. The minimum absolute atomic E-state index is 0.187. The molecule has 3 rings (SSSR count). The van der Waals surface area contributed by atoms with E-state index < -0.39 is 10.0 Å². The van der Waals surface area contributed by atoms with Crippen LogP contribution in [0.4, 0.5) is 0 Å². The summed E-state index contributed by atoms with van der Waals surface area (Å²) in [6, 6.07) is 14.6. The molecule has 0 saturated carbocycles. The summed E-state index contributed by atoms with van der Waals surface area (Å²) in [6.45, 7) is 4.72. The molecule has 3 nitrogen and oxygen atoms in total. The molecule has 2 aromatic carbocycles. The van der Waals surface area contributed by atoms with Crippen LogP contribution in [0.25, 0.3) is 0 Å². The molecule has 1 unspecified atom stereocenters. The van der Waals surface area contributed by atoms with Crippen LogP contribution in [-0.2, 0) is 10.0 Å². The summed E-state index contributed by atoms with van der Waals surface area (Å²) < 4.78 is 27.8. The Labute approximate surface area is 149 Å². The Bertz CT molecular complexity index is 816. The first-order valence-corrected chi connectivity index (χ1v) is 10.1. The van der Waals surface area contributed by atoms with Gasteiger partial charge in [-0.25, -0.2) is 8.42 Å². The summed E-state index contributed by atoms with van der Waals surface area (Å²) in [5.41, 5.74) is 2.03. The highest BCUT2D eigenvalue weighted by Gasteiger charge is 2.36. The number of sulfonamides is 1. The van der Waals surface area contributed by atoms with Crippen LogP contribution in [0.1, 0.15) is 49.8 Å². The second-order valence-corrected chi connectivity index (χ2v) is 8.82. The van der Waals surface area contributed by atoms with Gasteiger partial charge in [0, 0.05) is 11.6 Å². The van der Waals surface area contributed by atoms with Crippen molar-refractivity contribution in [2.24, 2.45) is 0 Å². The zero-order chi connectivity index (χ0) is 17.3. The maximum absolute atomic E-state index is 13.1. The van der Waals surface area contributed by atoms with Crippen LogP contribution in [0.15, 0.2) is 53.4 Å². The lowest BCUT2D eigenvalue weighted by Crippen LogP contribution is -2.30. The molecular formula is C19H22ClNO2S. The van der Waals surface area contributed by atoms with Gasteiger partial charge in [0.2, 0.25) is 10.0 Å². The van der Waals surface area contributed by atoms with Gasteiger partial charge in [0.05, 0.1) is 10.9 Å². The molecule has 1 heterocycles. The van der Waals surface area contributed by atoms with E-state index in [2.05, 4.69) is 13.8 Å². The quantitative estimate of drug-likeness (QED) is 0.767. The van der Waals surface area contributed by atoms with Gasteiger partial charge in [-0.05, 0) is 48.1 Å². The lowest BCUT2D eigenvalue weighted by atomic mass is 10.0. The molecule has 0 N–H and O–H groups in total. The maximum atomic E-state index is 13.1. The van der Waals surface area contributed by atoms with Crippen molar-refractivity contribution < 1.29 is 8.42 Å². The Morgan fingerprint density at radius 1 is 1.08 bits per heavy atom. The highest BCUT2D eigenvalue weighted by molar-refractivity contribution is 7.89. The van der Waals surface area contributed by atoms with Crippen LogP contribution in [0.3, 0.4) is 0 Å². The fraction of sp³-hybridized carbons (Fsp3) is 0.368. The van der Waals surface area contributed by atoms with Crippen LogP contribution < -0.4 is 0 Å². The molecule has 0 spiro atoms. The van der Waals surface area contributed by atoms with Gasteiger partial charge in [-0.15, -0.1) is 0 Å². The molecule has 1 aliphatic heterocycles. The summed E-state index contributed by atoms with van der Waals surface area (Å²) in [7, 11) is -3.52. The molecule has 0 radical (unpaired) electrons. The van der Waals surface area contributed by atoms with E-state index in [0.29, 0.717) is 22.4 Å². The molecule has 24 heavy (non-hydrogen) atoms. The summed E-state index contributed by atoms with van der Waals surface area (Å²) >= 11 is 6.30. The van der Waals surface area contributed by atoms with E-state index in [0.717, 1.165) is 24.0 Å². The van der Waals surface area contributed by atoms with Crippen LogP contribution in [0.2, 0.25) is 5.02 Å². The van der Waals surface area contributed by atoms with Gasteiger partial charge in [0.1, 0.15) is 0 Å². The first-order chi connectivity index (χ1) is 11.4. The predicted octanol–water partition coefficient (Wildman–Crippen LogP) is 4.99. The summed E-state index contributed by atoms with van der Waals surface area (Å²) in [5.74, 6) is 0.379. The monoisotopic (exact) mass is 363 g/mol. The molecule has 1 atom stereocenters. The largest absolute Gasteiger partial charge is 0.243 e. The van der Waals surface area contributed by atoms with Crippen LogP contribution in [-0.4, -0.2) is 19.3 Å². The molecule has 1 saturated heterocycles. The van der Waals surface area contributed by atoms with Gasteiger partial charge in [0.15, 0.2) is 0 Å². The highest BCUT2D eigenvalue weighted by atomic mass is 35.5. The summed E-state index contributed by atoms with van der Waals surface area (Å²) in [4.78, 5) is 0.353.